The number of likely N-dealkylation sites (tertiary alicyclic amines) is 1. The Morgan fingerprint density at radius 2 is 2.00 bits per heavy atom. The van der Waals surface area contributed by atoms with E-state index in [9.17, 15) is 18.7 Å². The quantitative estimate of drug-likeness (QED) is 0.817. The van der Waals surface area contributed by atoms with Crippen LogP contribution in [0.15, 0.2) is 41.2 Å². The predicted octanol–water partition coefficient (Wildman–Crippen LogP) is 2.58. The Morgan fingerprint density at radius 1 is 1.25 bits per heavy atom. The monoisotopic (exact) mass is 331 g/mol. The molecular weight excluding hydrogens is 316 g/mol. The second-order valence-electron chi connectivity index (χ2n) is 5.71. The van der Waals surface area contributed by atoms with Crippen LogP contribution in [-0.4, -0.2) is 34.6 Å². The van der Waals surface area contributed by atoms with Gasteiger partial charge in [0.25, 0.3) is 5.91 Å². The molecule has 2 heterocycles. The minimum Gasteiger partial charge on any atom is -0.472 e. The third-order valence-electron chi connectivity index (χ3n) is 4.01. The maximum absolute atomic E-state index is 13.6. The highest BCUT2D eigenvalue weighted by atomic mass is 19.1. The highest BCUT2D eigenvalue weighted by molar-refractivity contribution is 5.93. The van der Waals surface area contributed by atoms with Gasteiger partial charge in [0.1, 0.15) is 23.5 Å². The zero-order chi connectivity index (χ0) is 17.2. The molecule has 0 unspecified atom stereocenters. The van der Waals surface area contributed by atoms with Crippen LogP contribution in [0.1, 0.15) is 28.8 Å². The standard InChI is InChI=1S/C18H15F2NO3/c19-15-2-1-13(16(20)11-15)3-5-18(23)6-8-21(9-7-18)17(22)14-4-10-24-12-14/h1-2,4,10-12,23H,6-9H2. The van der Waals surface area contributed by atoms with Crippen molar-refractivity contribution in [3.8, 4) is 11.8 Å². The maximum Gasteiger partial charge on any atom is 0.257 e. The molecule has 0 radical (unpaired) electrons. The van der Waals surface area contributed by atoms with Crippen LogP contribution < -0.4 is 0 Å². The van der Waals surface area contributed by atoms with Gasteiger partial charge in [-0.25, -0.2) is 8.78 Å². The average molecular weight is 331 g/mol. The van der Waals surface area contributed by atoms with Gasteiger partial charge in [0.2, 0.25) is 0 Å². The van der Waals surface area contributed by atoms with E-state index in [2.05, 4.69) is 11.8 Å². The van der Waals surface area contributed by atoms with Crippen molar-refractivity contribution in [3.05, 3.63) is 59.6 Å². The molecule has 3 rings (SSSR count). The van der Waals surface area contributed by atoms with Crippen LogP contribution in [0, 0.1) is 23.5 Å². The summed E-state index contributed by atoms with van der Waals surface area (Å²) in [7, 11) is 0. The molecule has 0 bridgehead atoms. The third-order valence-corrected chi connectivity index (χ3v) is 4.01. The summed E-state index contributed by atoms with van der Waals surface area (Å²) in [6.45, 7) is 0.669. The van der Waals surface area contributed by atoms with Crippen molar-refractivity contribution in [3.63, 3.8) is 0 Å². The second-order valence-corrected chi connectivity index (χ2v) is 5.71. The van der Waals surface area contributed by atoms with Crippen LogP contribution in [0.3, 0.4) is 0 Å². The zero-order valence-corrected chi connectivity index (χ0v) is 12.8. The summed E-state index contributed by atoms with van der Waals surface area (Å²) in [5, 5.41) is 10.5. The molecule has 1 amide bonds. The fourth-order valence-electron chi connectivity index (χ4n) is 2.55. The maximum atomic E-state index is 13.6. The number of hydrogen-bond acceptors (Lipinski definition) is 3. The molecule has 2 aromatic rings. The third kappa shape index (κ3) is 3.47. The molecule has 1 fully saturated rings. The Bertz CT molecular complexity index is 797. The van der Waals surface area contributed by atoms with E-state index in [1.165, 1.54) is 18.6 Å². The summed E-state index contributed by atoms with van der Waals surface area (Å²) < 4.78 is 31.3. The van der Waals surface area contributed by atoms with E-state index in [0.29, 0.717) is 18.7 Å². The molecule has 0 atom stereocenters. The average Bonchev–Trinajstić information content (AvgIpc) is 3.09. The van der Waals surface area contributed by atoms with E-state index in [1.54, 1.807) is 11.0 Å². The minimum atomic E-state index is -1.30. The number of carbonyl (C=O) groups excluding carboxylic acids is 1. The summed E-state index contributed by atoms with van der Waals surface area (Å²) in [5.74, 6) is 3.61. The number of furan rings is 1. The molecule has 0 aliphatic carbocycles. The van der Waals surface area contributed by atoms with Crippen LogP contribution in [0.2, 0.25) is 0 Å². The Hall–Kier alpha value is -2.65. The highest BCUT2D eigenvalue weighted by Crippen LogP contribution is 2.23. The molecule has 0 saturated carbocycles. The van der Waals surface area contributed by atoms with E-state index >= 15 is 0 Å². The first-order valence-electron chi connectivity index (χ1n) is 7.49. The lowest BCUT2D eigenvalue weighted by Gasteiger charge is -2.34. The van der Waals surface area contributed by atoms with E-state index in [1.807, 2.05) is 0 Å². The number of carbonyl (C=O) groups is 1. The van der Waals surface area contributed by atoms with Crippen molar-refractivity contribution >= 4 is 5.91 Å². The molecule has 1 aliphatic rings. The number of hydrogen-bond donors (Lipinski definition) is 1. The number of piperidine rings is 1. The van der Waals surface area contributed by atoms with E-state index < -0.39 is 17.2 Å². The molecule has 1 aromatic heterocycles. The molecule has 1 saturated heterocycles. The predicted molar refractivity (Wildman–Crippen MR) is 82.0 cm³/mol. The first kappa shape index (κ1) is 16.2. The molecule has 1 aromatic carbocycles. The number of amides is 1. The van der Waals surface area contributed by atoms with E-state index in [4.69, 9.17) is 4.42 Å². The van der Waals surface area contributed by atoms with Crippen LogP contribution in [0.25, 0.3) is 0 Å². The van der Waals surface area contributed by atoms with Crippen LogP contribution in [-0.2, 0) is 0 Å². The van der Waals surface area contributed by atoms with Gasteiger partial charge in [0.05, 0.1) is 17.4 Å². The van der Waals surface area contributed by atoms with Crippen molar-refractivity contribution in [2.45, 2.75) is 18.4 Å². The van der Waals surface area contributed by atoms with E-state index in [-0.39, 0.29) is 24.3 Å². The lowest BCUT2D eigenvalue weighted by atomic mass is 9.91. The van der Waals surface area contributed by atoms with Gasteiger partial charge in [0, 0.05) is 32.0 Å². The zero-order valence-electron chi connectivity index (χ0n) is 12.8. The second kappa shape index (κ2) is 6.46. The van der Waals surface area contributed by atoms with Gasteiger partial charge in [-0.05, 0) is 18.2 Å². The summed E-state index contributed by atoms with van der Waals surface area (Å²) >= 11 is 0. The van der Waals surface area contributed by atoms with Crippen molar-refractivity contribution in [2.75, 3.05) is 13.1 Å². The van der Waals surface area contributed by atoms with Gasteiger partial charge in [-0.1, -0.05) is 11.8 Å². The number of rotatable bonds is 1. The van der Waals surface area contributed by atoms with Gasteiger partial charge in [-0.3, -0.25) is 4.79 Å². The van der Waals surface area contributed by atoms with Gasteiger partial charge in [0.15, 0.2) is 0 Å². The molecule has 1 N–H and O–H groups in total. The smallest absolute Gasteiger partial charge is 0.257 e. The SMILES string of the molecule is O=C(c1ccoc1)N1CCC(O)(C#Cc2ccc(F)cc2F)CC1. The Morgan fingerprint density at radius 3 is 2.62 bits per heavy atom. The van der Waals surface area contributed by atoms with Gasteiger partial charge >= 0.3 is 0 Å². The summed E-state index contributed by atoms with van der Waals surface area (Å²) in [6, 6.07) is 4.68. The number of aliphatic hydroxyl groups is 1. The number of nitrogens with zero attached hydrogens (tertiary/aromatic N) is 1. The summed E-state index contributed by atoms with van der Waals surface area (Å²) in [6.07, 6.45) is 3.31. The lowest BCUT2D eigenvalue weighted by molar-refractivity contribution is 0.0248. The topological polar surface area (TPSA) is 53.7 Å². The van der Waals surface area contributed by atoms with E-state index in [0.717, 1.165) is 12.1 Å². The van der Waals surface area contributed by atoms with Crippen molar-refractivity contribution in [1.82, 2.24) is 4.90 Å². The number of benzene rings is 1. The minimum absolute atomic E-state index is 0.0294. The van der Waals surface area contributed by atoms with Crippen LogP contribution in [0.5, 0.6) is 0 Å². The largest absolute Gasteiger partial charge is 0.472 e. The Balaban J connectivity index is 1.67. The van der Waals surface area contributed by atoms with Gasteiger partial charge in [-0.15, -0.1) is 0 Å². The summed E-state index contributed by atoms with van der Waals surface area (Å²) in [4.78, 5) is 13.8. The lowest BCUT2D eigenvalue weighted by Crippen LogP contribution is -2.46. The first-order valence-corrected chi connectivity index (χ1v) is 7.49. The molecule has 6 heteroatoms. The molecule has 24 heavy (non-hydrogen) atoms. The van der Waals surface area contributed by atoms with Crippen LogP contribution in [0.4, 0.5) is 8.78 Å². The van der Waals surface area contributed by atoms with Crippen molar-refractivity contribution in [2.24, 2.45) is 0 Å². The molecule has 4 nitrogen and oxygen atoms in total. The van der Waals surface area contributed by atoms with Crippen molar-refractivity contribution in [1.29, 1.82) is 0 Å². The Kier molecular flexibility index (Phi) is 4.36. The fraction of sp³-hybridized carbons (Fsp3) is 0.278. The molecule has 124 valence electrons. The molecule has 1 aliphatic heterocycles. The number of halogens is 2. The first-order chi connectivity index (χ1) is 11.5. The van der Waals surface area contributed by atoms with Gasteiger partial charge < -0.3 is 14.4 Å². The Labute approximate surface area is 137 Å². The van der Waals surface area contributed by atoms with Gasteiger partial charge in [-0.2, -0.15) is 0 Å². The molecule has 0 spiro atoms. The summed E-state index contributed by atoms with van der Waals surface area (Å²) in [5.41, 5.74) is -0.810. The normalized spacial score (nSPS) is 16.4. The van der Waals surface area contributed by atoms with Crippen LogP contribution >= 0.6 is 0 Å². The highest BCUT2D eigenvalue weighted by Gasteiger charge is 2.32. The fourth-order valence-corrected chi connectivity index (χ4v) is 2.55. The van der Waals surface area contributed by atoms with Crippen molar-refractivity contribution < 1.29 is 23.1 Å². The molecular formula is C18H15F2NO3.